The highest BCUT2D eigenvalue weighted by atomic mass is 35.5. The molecule has 6 nitrogen and oxygen atoms in total. The standard InChI is InChI=1S/C20H28ClN5O/c1-5-22-20(24-14-16-7-6-8-19(25-16)26(2)3)23-12-11-15-9-10-17(27-4)13-18(15)21/h6-10,13H,5,11-12,14H2,1-4H3,(H2,22,23,24). The Morgan fingerprint density at radius 3 is 2.70 bits per heavy atom. The third kappa shape index (κ3) is 6.64. The van der Waals surface area contributed by atoms with Crippen LogP contribution in [-0.2, 0) is 13.0 Å². The Morgan fingerprint density at radius 2 is 2.04 bits per heavy atom. The number of rotatable bonds is 8. The molecule has 0 bridgehead atoms. The largest absolute Gasteiger partial charge is 0.497 e. The summed E-state index contributed by atoms with van der Waals surface area (Å²) in [6.07, 6.45) is 0.793. The fourth-order valence-electron chi connectivity index (χ4n) is 2.48. The zero-order valence-electron chi connectivity index (χ0n) is 16.4. The van der Waals surface area contributed by atoms with Crippen molar-refractivity contribution >= 4 is 23.4 Å². The molecule has 0 fully saturated rings. The van der Waals surface area contributed by atoms with E-state index in [0.717, 1.165) is 48.3 Å². The lowest BCUT2D eigenvalue weighted by atomic mass is 10.1. The Kier molecular flexibility index (Phi) is 8.20. The van der Waals surface area contributed by atoms with E-state index >= 15 is 0 Å². The number of aromatic nitrogens is 1. The Labute approximate surface area is 166 Å². The normalized spacial score (nSPS) is 11.2. The third-order valence-corrected chi connectivity index (χ3v) is 4.29. The van der Waals surface area contributed by atoms with Gasteiger partial charge in [0.2, 0.25) is 0 Å². The number of anilines is 1. The number of halogens is 1. The fourth-order valence-corrected chi connectivity index (χ4v) is 2.74. The first kappa shape index (κ1) is 20.8. The third-order valence-electron chi connectivity index (χ3n) is 3.94. The zero-order chi connectivity index (χ0) is 19.6. The van der Waals surface area contributed by atoms with Gasteiger partial charge in [0.05, 0.1) is 19.3 Å². The van der Waals surface area contributed by atoms with Gasteiger partial charge in [-0.05, 0) is 43.2 Å². The van der Waals surface area contributed by atoms with Gasteiger partial charge in [-0.1, -0.05) is 23.7 Å². The molecule has 0 aliphatic carbocycles. The molecule has 27 heavy (non-hydrogen) atoms. The zero-order valence-corrected chi connectivity index (χ0v) is 17.2. The number of guanidine groups is 1. The molecule has 1 aromatic heterocycles. The maximum absolute atomic E-state index is 6.30. The number of benzene rings is 1. The van der Waals surface area contributed by atoms with Crippen molar-refractivity contribution in [2.45, 2.75) is 19.9 Å². The molecule has 0 unspecified atom stereocenters. The van der Waals surface area contributed by atoms with Crippen LogP contribution in [0.15, 0.2) is 41.4 Å². The number of pyridine rings is 1. The van der Waals surface area contributed by atoms with Gasteiger partial charge in [-0.3, -0.25) is 0 Å². The summed E-state index contributed by atoms with van der Waals surface area (Å²) in [4.78, 5) is 11.2. The lowest BCUT2D eigenvalue weighted by Crippen LogP contribution is -2.38. The molecule has 0 atom stereocenters. The van der Waals surface area contributed by atoms with E-state index in [-0.39, 0.29) is 0 Å². The van der Waals surface area contributed by atoms with Crippen molar-refractivity contribution in [3.63, 3.8) is 0 Å². The summed E-state index contributed by atoms with van der Waals surface area (Å²) < 4.78 is 5.18. The van der Waals surface area contributed by atoms with E-state index in [4.69, 9.17) is 16.3 Å². The van der Waals surface area contributed by atoms with E-state index in [0.29, 0.717) is 11.6 Å². The van der Waals surface area contributed by atoms with Crippen molar-refractivity contribution in [1.82, 2.24) is 15.6 Å². The van der Waals surface area contributed by atoms with Crippen LogP contribution in [0.1, 0.15) is 18.2 Å². The van der Waals surface area contributed by atoms with Crippen molar-refractivity contribution in [2.24, 2.45) is 4.99 Å². The average molecular weight is 390 g/mol. The second-order valence-electron chi connectivity index (χ2n) is 6.21. The smallest absolute Gasteiger partial charge is 0.191 e. The van der Waals surface area contributed by atoms with E-state index < -0.39 is 0 Å². The molecule has 0 aliphatic heterocycles. The van der Waals surface area contributed by atoms with Gasteiger partial charge in [-0.15, -0.1) is 0 Å². The van der Waals surface area contributed by atoms with Crippen molar-refractivity contribution < 1.29 is 4.74 Å². The van der Waals surface area contributed by atoms with E-state index in [9.17, 15) is 0 Å². The molecule has 146 valence electrons. The maximum Gasteiger partial charge on any atom is 0.191 e. The first-order chi connectivity index (χ1) is 13.0. The number of hydrogen-bond acceptors (Lipinski definition) is 4. The summed E-state index contributed by atoms with van der Waals surface area (Å²) in [6.45, 7) is 4.08. The Bertz CT molecular complexity index is 764. The van der Waals surface area contributed by atoms with Crippen molar-refractivity contribution in [3.8, 4) is 5.75 Å². The van der Waals surface area contributed by atoms with Crippen LogP contribution in [0.25, 0.3) is 0 Å². The summed E-state index contributed by atoms with van der Waals surface area (Å²) in [6, 6.07) is 11.7. The number of ether oxygens (including phenoxy) is 1. The molecule has 2 rings (SSSR count). The second kappa shape index (κ2) is 10.6. The SMILES string of the molecule is CCNC(=NCc1cccc(N(C)C)n1)NCCc1ccc(OC)cc1Cl. The van der Waals surface area contributed by atoms with Crippen LogP contribution < -0.4 is 20.3 Å². The monoisotopic (exact) mass is 389 g/mol. The summed E-state index contributed by atoms with van der Waals surface area (Å²) >= 11 is 6.30. The minimum Gasteiger partial charge on any atom is -0.497 e. The van der Waals surface area contributed by atoms with Crippen molar-refractivity contribution in [2.75, 3.05) is 39.2 Å². The topological polar surface area (TPSA) is 61.8 Å². The van der Waals surface area contributed by atoms with E-state index in [1.807, 2.05) is 62.3 Å². The van der Waals surface area contributed by atoms with Crippen LogP contribution in [0, 0.1) is 0 Å². The molecular weight excluding hydrogens is 362 g/mol. The van der Waals surface area contributed by atoms with Gasteiger partial charge in [-0.2, -0.15) is 0 Å². The van der Waals surface area contributed by atoms with Gasteiger partial charge in [0, 0.05) is 32.2 Å². The van der Waals surface area contributed by atoms with Gasteiger partial charge in [0.25, 0.3) is 0 Å². The van der Waals surface area contributed by atoms with Crippen molar-refractivity contribution in [3.05, 3.63) is 52.7 Å². The van der Waals surface area contributed by atoms with E-state index in [1.165, 1.54) is 0 Å². The maximum atomic E-state index is 6.30. The number of hydrogen-bond donors (Lipinski definition) is 2. The highest BCUT2D eigenvalue weighted by Gasteiger charge is 2.04. The lowest BCUT2D eigenvalue weighted by Gasteiger charge is -2.13. The number of nitrogens with one attached hydrogen (secondary N) is 2. The predicted octanol–water partition coefficient (Wildman–Crippen LogP) is 3.11. The number of nitrogens with zero attached hydrogens (tertiary/aromatic N) is 3. The van der Waals surface area contributed by atoms with Gasteiger partial charge >= 0.3 is 0 Å². The number of methoxy groups -OCH3 is 1. The first-order valence-electron chi connectivity index (χ1n) is 9.01. The summed E-state index contributed by atoms with van der Waals surface area (Å²) in [7, 11) is 5.59. The molecule has 0 aliphatic rings. The summed E-state index contributed by atoms with van der Waals surface area (Å²) in [5.41, 5.74) is 2.00. The molecule has 0 radical (unpaired) electrons. The van der Waals surface area contributed by atoms with Crippen LogP contribution in [0.2, 0.25) is 5.02 Å². The molecule has 0 saturated carbocycles. The second-order valence-corrected chi connectivity index (χ2v) is 6.62. The van der Waals surface area contributed by atoms with Crippen LogP contribution in [0.3, 0.4) is 0 Å². The van der Waals surface area contributed by atoms with Crippen LogP contribution in [0.5, 0.6) is 5.75 Å². The molecule has 2 N–H and O–H groups in total. The van der Waals surface area contributed by atoms with Crippen LogP contribution in [-0.4, -0.2) is 45.2 Å². The highest BCUT2D eigenvalue weighted by molar-refractivity contribution is 6.31. The minimum atomic E-state index is 0.514. The molecule has 0 spiro atoms. The van der Waals surface area contributed by atoms with E-state index in [2.05, 4.69) is 20.6 Å². The molecule has 1 aromatic carbocycles. The Morgan fingerprint density at radius 1 is 1.22 bits per heavy atom. The quantitative estimate of drug-likeness (QED) is 0.536. The Balaban J connectivity index is 1.94. The average Bonchev–Trinajstić information content (AvgIpc) is 2.67. The van der Waals surface area contributed by atoms with Gasteiger partial charge in [0.15, 0.2) is 5.96 Å². The molecule has 0 saturated heterocycles. The molecule has 7 heteroatoms. The molecule has 2 aromatic rings. The lowest BCUT2D eigenvalue weighted by molar-refractivity contribution is 0.414. The molecule has 1 heterocycles. The van der Waals surface area contributed by atoms with E-state index in [1.54, 1.807) is 7.11 Å². The minimum absolute atomic E-state index is 0.514. The molecular formula is C20H28ClN5O. The highest BCUT2D eigenvalue weighted by Crippen LogP contribution is 2.22. The first-order valence-corrected chi connectivity index (χ1v) is 9.39. The predicted molar refractivity (Wildman–Crippen MR) is 113 cm³/mol. The van der Waals surface area contributed by atoms with Crippen LogP contribution in [0.4, 0.5) is 5.82 Å². The van der Waals surface area contributed by atoms with Gasteiger partial charge in [-0.25, -0.2) is 9.98 Å². The van der Waals surface area contributed by atoms with Gasteiger partial charge in [0.1, 0.15) is 11.6 Å². The number of aliphatic imine (C=N–C) groups is 1. The summed E-state index contributed by atoms with van der Waals surface area (Å²) in [5.74, 6) is 2.45. The summed E-state index contributed by atoms with van der Waals surface area (Å²) in [5, 5.41) is 7.31. The fraction of sp³-hybridized carbons (Fsp3) is 0.400. The van der Waals surface area contributed by atoms with Gasteiger partial charge < -0.3 is 20.3 Å². The Hall–Kier alpha value is -2.47. The van der Waals surface area contributed by atoms with Crippen LogP contribution >= 0.6 is 11.6 Å². The van der Waals surface area contributed by atoms with Crippen molar-refractivity contribution in [1.29, 1.82) is 0 Å². The molecule has 0 amide bonds.